The van der Waals surface area contributed by atoms with Crippen LogP contribution >= 0.6 is 0 Å². The van der Waals surface area contributed by atoms with Crippen LogP contribution in [0.25, 0.3) is 0 Å². The molecule has 0 saturated carbocycles. The van der Waals surface area contributed by atoms with Crippen LogP contribution in [0.5, 0.6) is 5.75 Å². The maximum absolute atomic E-state index is 14.6. The standard InChI is InChI=1S/C34H27NO8S2/c36-33(43-28-23-21-27(22-24-28)35(37)38)31(25-13-5-1-6-14-25)32(26-15-7-2-8-16-26)34(44(39,40)29-17-9-3-10-18-29)45(41,42)30-19-11-4-12-20-30/h1-24,31-32,34H/t31-,32+/m0/s1. The molecule has 2 atom stereocenters. The van der Waals surface area contributed by atoms with E-state index in [1.807, 2.05) is 0 Å². The first-order chi connectivity index (χ1) is 21.6. The number of carbonyl (C=O) groups is 1. The van der Waals surface area contributed by atoms with Crippen LogP contribution in [-0.4, -0.2) is 32.3 Å². The van der Waals surface area contributed by atoms with Crippen molar-refractivity contribution in [2.24, 2.45) is 0 Å². The number of nitro groups is 1. The molecule has 5 rings (SSSR count). The van der Waals surface area contributed by atoms with Crippen molar-refractivity contribution in [3.8, 4) is 5.75 Å². The second-order valence-electron chi connectivity index (χ2n) is 10.1. The molecule has 0 bridgehead atoms. The Kier molecular flexibility index (Phi) is 9.21. The molecule has 0 unspecified atom stereocenters. The number of nitro benzene ring substituents is 1. The molecular formula is C34H27NO8S2. The first-order valence-corrected chi connectivity index (χ1v) is 16.8. The number of esters is 1. The summed E-state index contributed by atoms with van der Waals surface area (Å²) in [5.41, 5.74) is 0.366. The van der Waals surface area contributed by atoms with Crippen LogP contribution in [0.2, 0.25) is 0 Å². The highest BCUT2D eigenvalue weighted by Crippen LogP contribution is 2.45. The van der Waals surface area contributed by atoms with Gasteiger partial charge in [-0.1, -0.05) is 97.1 Å². The van der Waals surface area contributed by atoms with Crippen LogP contribution in [0.4, 0.5) is 5.69 Å². The zero-order valence-electron chi connectivity index (χ0n) is 23.6. The second-order valence-corrected chi connectivity index (χ2v) is 14.5. The van der Waals surface area contributed by atoms with Gasteiger partial charge in [0.15, 0.2) is 24.3 Å². The predicted octanol–water partition coefficient (Wildman–Crippen LogP) is 6.34. The minimum absolute atomic E-state index is 0.0354. The molecule has 0 fully saturated rings. The van der Waals surface area contributed by atoms with Gasteiger partial charge in [-0.05, 0) is 47.5 Å². The Labute approximate surface area is 260 Å². The van der Waals surface area contributed by atoms with Gasteiger partial charge in [0.2, 0.25) is 0 Å². The fourth-order valence-corrected chi connectivity index (χ4v) is 10.2. The van der Waals surface area contributed by atoms with Crippen LogP contribution in [0.3, 0.4) is 0 Å². The van der Waals surface area contributed by atoms with E-state index in [4.69, 9.17) is 4.74 Å². The lowest BCUT2D eigenvalue weighted by Crippen LogP contribution is -2.41. The van der Waals surface area contributed by atoms with Gasteiger partial charge < -0.3 is 4.74 Å². The van der Waals surface area contributed by atoms with Gasteiger partial charge in [-0.3, -0.25) is 14.9 Å². The molecule has 0 aliphatic carbocycles. The van der Waals surface area contributed by atoms with Crippen LogP contribution < -0.4 is 4.74 Å². The molecule has 0 amide bonds. The number of hydrogen-bond donors (Lipinski definition) is 0. The number of benzene rings is 5. The Morgan fingerprint density at radius 2 is 0.978 bits per heavy atom. The fourth-order valence-electron chi connectivity index (χ4n) is 5.19. The molecule has 45 heavy (non-hydrogen) atoms. The average Bonchev–Trinajstić information content (AvgIpc) is 3.06. The lowest BCUT2D eigenvalue weighted by Gasteiger charge is -2.33. The van der Waals surface area contributed by atoms with E-state index in [-0.39, 0.29) is 26.8 Å². The summed E-state index contributed by atoms with van der Waals surface area (Å²) in [6.07, 6.45) is 0. The smallest absolute Gasteiger partial charge is 0.319 e. The Balaban J connectivity index is 1.77. The molecular weight excluding hydrogens is 615 g/mol. The summed E-state index contributed by atoms with van der Waals surface area (Å²) in [4.78, 5) is 24.3. The van der Waals surface area contributed by atoms with Gasteiger partial charge in [0, 0.05) is 18.1 Å². The summed E-state index contributed by atoms with van der Waals surface area (Å²) in [6, 6.07) is 35.6. The van der Waals surface area contributed by atoms with E-state index in [0.29, 0.717) is 5.56 Å². The maximum atomic E-state index is 14.6. The molecule has 0 saturated heterocycles. The molecule has 0 aliphatic heterocycles. The van der Waals surface area contributed by atoms with E-state index in [1.165, 1.54) is 60.7 Å². The first-order valence-electron chi connectivity index (χ1n) is 13.7. The van der Waals surface area contributed by atoms with E-state index in [0.717, 1.165) is 12.1 Å². The van der Waals surface area contributed by atoms with Gasteiger partial charge >= 0.3 is 5.97 Å². The number of ether oxygens (including phenoxy) is 1. The highest BCUT2D eigenvalue weighted by molar-refractivity contribution is 8.09. The van der Waals surface area contributed by atoms with Crippen LogP contribution in [0, 0.1) is 10.1 Å². The Morgan fingerprint density at radius 1 is 0.578 bits per heavy atom. The molecule has 5 aromatic rings. The summed E-state index contributed by atoms with van der Waals surface area (Å²) in [5, 5.41) is 11.2. The second kappa shape index (κ2) is 13.2. The highest BCUT2D eigenvalue weighted by Gasteiger charge is 2.51. The Hall–Kier alpha value is -5.13. The third kappa shape index (κ3) is 6.69. The quantitative estimate of drug-likeness (QED) is 0.0705. The number of sulfone groups is 2. The monoisotopic (exact) mass is 641 g/mol. The van der Waals surface area contributed by atoms with Gasteiger partial charge in [-0.15, -0.1) is 0 Å². The highest BCUT2D eigenvalue weighted by atomic mass is 32.3. The lowest BCUT2D eigenvalue weighted by atomic mass is 9.82. The molecule has 0 N–H and O–H groups in total. The van der Waals surface area contributed by atoms with E-state index < -0.39 is 47.0 Å². The van der Waals surface area contributed by atoms with E-state index >= 15 is 0 Å². The lowest BCUT2D eigenvalue weighted by molar-refractivity contribution is -0.384. The third-order valence-electron chi connectivity index (χ3n) is 7.27. The summed E-state index contributed by atoms with van der Waals surface area (Å²) >= 11 is 0. The number of rotatable bonds is 11. The van der Waals surface area contributed by atoms with Crippen molar-refractivity contribution in [2.45, 2.75) is 26.2 Å². The number of non-ortho nitro benzene ring substituents is 1. The number of nitrogens with zero attached hydrogens (tertiary/aromatic N) is 1. The summed E-state index contributed by atoms with van der Waals surface area (Å²) < 4.78 is 61.9. The van der Waals surface area contributed by atoms with Crippen molar-refractivity contribution in [1.82, 2.24) is 0 Å². The van der Waals surface area contributed by atoms with E-state index in [2.05, 4.69) is 0 Å². The molecule has 0 aliphatic rings. The molecule has 228 valence electrons. The third-order valence-corrected chi connectivity index (χ3v) is 12.5. The van der Waals surface area contributed by atoms with E-state index in [1.54, 1.807) is 72.8 Å². The average molecular weight is 642 g/mol. The van der Waals surface area contributed by atoms with Crippen molar-refractivity contribution in [2.75, 3.05) is 0 Å². The van der Waals surface area contributed by atoms with Gasteiger partial charge in [-0.25, -0.2) is 16.8 Å². The predicted molar refractivity (Wildman–Crippen MR) is 168 cm³/mol. The molecule has 0 radical (unpaired) electrons. The van der Waals surface area contributed by atoms with Crippen molar-refractivity contribution in [1.29, 1.82) is 0 Å². The largest absolute Gasteiger partial charge is 0.426 e. The molecule has 0 aromatic heterocycles. The number of carbonyl (C=O) groups excluding carboxylic acids is 1. The van der Waals surface area contributed by atoms with E-state index in [9.17, 15) is 31.7 Å². The van der Waals surface area contributed by atoms with Crippen molar-refractivity contribution < 1.29 is 31.3 Å². The van der Waals surface area contributed by atoms with Crippen molar-refractivity contribution >= 4 is 31.3 Å². The maximum Gasteiger partial charge on any atom is 0.319 e. The minimum Gasteiger partial charge on any atom is -0.426 e. The van der Waals surface area contributed by atoms with Crippen LogP contribution in [-0.2, 0) is 24.5 Å². The number of hydrogen-bond acceptors (Lipinski definition) is 8. The van der Waals surface area contributed by atoms with Crippen molar-refractivity contribution in [3.05, 3.63) is 167 Å². The van der Waals surface area contributed by atoms with Gasteiger partial charge in [-0.2, -0.15) is 0 Å². The fraction of sp³-hybridized carbons (Fsp3) is 0.0882. The Bertz CT molecular complexity index is 1920. The molecule has 0 spiro atoms. The van der Waals surface area contributed by atoms with Crippen LogP contribution in [0.1, 0.15) is 23.0 Å². The first kappa shape index (κ1) is 31.3. The zero-order valence-corrected chi connectivity index (χ0v) is 25.3. The summed E-state index contributed by atoms with van der Waals surface area (Å²) in [7, 11) is -9.40. The molecule has 5 aromatic carbocycles. The minimum atomic E-state index is -4.70. The molecule has 0 heterocycles. The molecule has 11 heteroatoms. The SMILES string of the molecule is O=C(Oc1ccc([N+](=O)[O-])cc1)[C@@H](c1ccccc1)[C@@H](c1ccccc1)C(S(=O)(=O)c1ccccc1)S(=O)(=O)c1ccccc1. The van der Waals surface area contributed by atoms with Crippen molar-refractivity contribution in [3.63, 3.8) is 0 Å². The van der Waals surface area contributed by atoms with Gasteiger partial charge in [0.25, 0.3) is 5.69 Å². The molecule has 9 nitrogen and oxygen atoms in total. The Morgan fingerprint density at radius 3 is 1.40 bits per heavy atom. The van der Waals surface area contributed by atoms with Gasteiger partial charge in [0.05, 0.1) is 20.6 Å². The normalized spacial score (nSPS) is 13.1. The van der Waals surface area contributed by atoms with Crippen LogP contribution in [0.15, 0.2) is 155 Å². The topological polar surface area (TPSA) is 138 Å². The zero-order chi connectivity index (χ0) is 32.0. The summed E-state index contributed by atoms with van der Waals surface area (Å²) in [5.74, 6) is -3.94. The summed E-state index contributed by atoms with van der Waals surface area (Å²) in [6.45, 7) is 0. The van der Waals surface area contributed by atoms with Gasteiger partial charge in [0.1, 0.15) is 5.75 Å².